The van der Waals surface area contributed by atoms with Gasteiger partial charge in [0, 0.05) is 37.2 Å². The van der Waals surface area contributed by atoms with E-state index < -0.39 is 6.67 Å². The quantitative estimate of drug-likeness (QED) is 0.820. The van der Waals surface area contributed by atoms with Crippen LogP contribution in [0.4, 0.5) is 4.39 Å². The van der Waals surface area contributed by atoms with Crippen molar-refractivity contribution in [3.8, 4) is 11.3 Å². The minimum Gasteiger partial charge on any atom is -0.339 e. The molecule has 0 unspecified atom stereocenters. The maximum Gasteiger partial charge on any atom is 0.256 e. The van der Waals surface area contributed by atoms with Gasteiger partial charge < -0.3 is 4.90 Å². The van der Waals surface area contributed by atoms with Gasteiger partial charge >= 0.3 is 0 Å². The van der Waals surface area contributed by atoms with Crippen LogP contribution in [0.5, 0.6) is 0 Å². The third-order valence-corrected chi connectivity index (χ3v) is 3.22. The highest BCUT2D eigenvalue weighted by atomic mass is 19.1. The molecular formula is C16H18FN3O. The number of carbonyl (C=O) groups excluding carboxylic acids is 1. The smallest absolute Gasteiger partial charge is 0.256 e. The molecule has 0 saturated heterocycles. The minimum atomic E-state index is -0.423. The predicted molar refractivity (Wildman–Crippen MR) is 79.6 cm³/mol. The molecule has 0 radical (unpaired) electrons. The summed E-state index contributed by atoms with van der Waals surface area (Å²) >= 11 is 0. The fraction of sp³-hybridized carbons (Fsp3) is 0.312. The zero-order chi connectivity index (χ0) is 15.1. The van der Waals surface area contributed by atoms with Crippen LogP contribution >= 0.6 is 0 Å². The van der Waals surface area contributed by atoms with E-state index in [1.54, 1.807) is 35.6 Å². The van der Waals surface area contributed by atoms with Gasteiger partial charge in [0.05, 0.1) is 17.9 Å². The molecule has 0 aliphatic carbocycles. The molecule has 0 spiro atoms. The van der Waals surface area contributed by atoms with E-state index in [4.69, 9.17) is 0 Å². The lowest BCUT2D eigenvalue weighted by atomic mass is 10.1. The molecule has 110 valence electrons. The van der Waals surface area contributed by atoms with Gasteiger partial charge in [0.1, 0.15) is 0 Å². The van der Waals surface area contributed by atoms with E-state index in [0.717, 1.165) is 5.56 Å². The third-order valence-electron chi connectivity index (χ3n) is 3.22. The standard InChI is InChI=1S/C16H18FN3O/c1-2-20(12-4-8-17)16(21)14-5-3-9-19-15(14)13-6-10-18-11-7-13/h3,5-7,9-11H,2,4,8,12H2,1H3. The van der Waals surface area contributed by atoms with Crippen molar-refractivity contribution in [2.24, 2.45) is 0 Å². The molecule has 0 aliphatic heterocycles. The van der Waals surface area contributed by atoms with Gasteiger partial charge in [-0.05, 0) is 37.6 Å². The zero-order valence-electron chi connectivity index (χ0n) is 12.0. The van der Waals surface area contributed by atoms with Crippen LogP contribution < -0.4 is 0 Å². The molecule has 2 heterocycles. The van der Waals surface area contributed by atoms with Gasteiger partial charge in [0.15, 0.2) is 0 Å². The molecule has 0 N–H and O–H groups in total. The van der Waals surface area contributed by atoms with E-state index in [1.165, 1.54) is 0 Å². The first kappa shape index (κ1) is 15.1. The van der Waals surface area contributed by atoms with Gasteiger partial charge in [0.25, 0.3) is 5.91 Å². The summed E-state index contributed by atoms with van der Waals surface area (Å²) in [4.78, 5) is 22.6. The molecule has 0 bridgehead atoms. The Bertz CT molecular complexity index is 589. The lowest BCUT2D eigenvalue weighted by molar-refractivity contribution is 0.0760. The van der Waals surface area contributed by atoms with Crippen LogP contribution in [-0.2, 0) is 0 Å². The fourth-order valence-corrected chi connectivity index (χ4v) is 2.14. The summed E-state index contributed by atoms with van der Waals surface area (Å²) in [6, 6.07) is 7.12. The number of alkyl halides is 1. The summed E-state index contributed by atoms with van der Waals surface area (Å²) in [7, 11) is 0. The number of aromatic nitrogens is 2. The molecule has 0 aliphatic rings. The van der Waals surface area contributed by atoms with Crippen molar-refractivity contribution in [1.29, 1.82) is 0 Å². The second kappa shape index (κ2) is 7.47. The fourth-order valence-electron chi connectivity index (χ4n) is 2.14. The van der Waals surface area contributed by atoms with Crippen LogP contribution in [0.15, 0.2) is 42.9 Å². The molecule has 2 aromatic heterocycles. The number of carbonyl (C=O) groups is 1. The summed E-state index contributed by atoms with van der Waals surface area (Å²) < 4.78 is 12.3. The van der Waals surface area contributed by atoms with Crippen LogP contribution in [0.25, 0.3) is 11.3 Å². The van der Waals surface area contributed by atoms with Crippen LogP contribution in [-0.4, -0.2) is 40.5 Å². The average molecular weight is 287 g/mol. The first-order valence-corrected chi connectivity index (χ1v) is 6.98. The van der Waals surface area contributed by atoms with Crippen molar-refractivity contribution in [1.82, 2.24) is 14.9 Å². The Labute approximate surface area is 123 Å². The molecule has 5 heteroatoms. The number of halogens is 1. The number of amides is 1. The van der Waals surface area contributed by atoms with E-state index in [2.05, 4.69) is 9.97 Å². The second-order valence-corrected chi connectivity index (χ2v) is 4.56. The Balaban J connectivity index is 2.33. The molecule has 0 saturated carbocycles. The number of nitrogens with zero attached hydrogens (tertiary/aromatic N) is 3. The van der Waals surface area contributed by atoms with Crippen molar-refractivity contribution >= 4 is 5.91 Å². The second-order valence-electron chi connectivity index (χ2n) is 4.56. The molecule has 4 nitrogen and oxygen atoms in total. The maximum atomic E-state index is 12.6. The lowest BCUT2D eigenvalue weighted by Crippen LogP contribution is -2.32. The van der Waals surface area contributed by atoms with Gasteiger partial charge in [-0.2, -0.15) is 0 Å². The Morgan fingerprint density at radius 3 is 2.67 bits per heavy atom. The monoisotopic (exact) mass is 287 g/mol. The number of hydrogen-bond donors (Lipinski definition) is 0. The Hall–Kier alpha value is -2.30. The molecule has 0 aromatic carbocycles. The van der Waals surface area contributed by atoms with Gasteiger partial charge in [-0.3, -0.25) is 19.2 Å². The molecular weight excluding hydrogens is 269 g/mol. The van der Waals surface area contributed by atoms with Gasteiger partial charge in [-0.25, -0.2) is 0 Å². The molecule has 21 heavy (non-hydrogen) atoms. The maximum absolute atomic E-state index is 12.6. The van der Waals surface area contributed by atoms with Crippen molar-refractivity contribution in [2.75, 3.05) is 19.8 Å². The van der Waals surface area contributed by atoms with Crippen LogP contribution in [0.2, 0.25) is 0 Å². The average Bonchev–Trinajstić information content (AvgIpc) is 2.56. The van der Waals surface area contributed by atoms with Crippen molar-refractivity contribution in [2.45, 2.75) is 13.3 Å². The highest BCUT2D eigenvalue weighted by Gasteiger charge is 2.18. The minimum absolute atomic E-state index is 0.120. The van der Waals surface area contributed by atoms with Crippen molar-refractivity contribution in [3.63, 3.8) is 0 Å². The summed E-state index contributed by atoms with van der Waals surface area (Å²) in [5.41, 5.74) is 2.00. The van der Waals surface area contributed by atoms with E-state index in [9.17, 15) is 9.18 Å². The highest BCUT2D eigenvalue weighted by Crippen LogP contribution is 2.21. The molecule has 0 atom stereocenters. The van der Waals surface area contributed by atoms with E-state index in [0.29, 0.717) is 30.8 Å². The van der Waals surface area contributed by atoms with Crippen molar-refractivity contribution < 1.29 is 9.18 Å². The van der Waals surface area contributed by atoms with Gasteiger partial charge in [-0.1, -0.05) is 0 Å². The largest absolute Gasteiger partial charge is 0.339 e. The zero-order valence-corrected chi connectivity index (χ0v) is 12.0. The Morgan fingerprint density at radius 1 is 1.24 bits per heavy atom. The number of hydrogen-bond acceptors (Lipinski definition) is 3. The number of rotatable bonds is 6. The Kier molecular flexibility index (Phi) is 5.37. The first-order valence-electron chi connectivity index (χ1n) is 6.98. The summed E-state index contributed by atoms with van der Waals surface area (Å²) in [5.74, 6) is -0.120. The summed E-state index contributed by atoms with van der Waals surface area (Å²) in [6.07, 6.45) is 5.34. The summed E-state index contributed by atoms with van der Waals surface area (Å²) in [6.45, 7) is 2.42. The van der Waals surface area contributed by atoms with Gasteiger partial charge in [0.2, 0.25) is 0 Å². The van der Waals surface area contributed by atoms with E-state index >= 15 is 0 Å². The summed E-state index contributed by atoms with van der Waals surface area (Å²) in [5, 5.41) is 0. The van der Waals surface area contributed by atoms with Crippen LogP contribution in [0, 0.1) is 0 Å². The topological polar surface area (TPSA) is 46.1 Å². The molecule has 1 amide bonds. The third kappa shape index (κ3) is 3.62. The normalized spacial score (nSPS) is 10.4. The molecule has 2 rings (SSSR count). The van der Waals surface area contributed by atoms with Gasteiger partial charge in [-0.15, -0.1) is 0 Å². The first-order chi connectivity index (χ1) is 10.3. The van der Waals surface area contributed by atoms with Crippen LogP contribution in [0.1, 0.15) is 23.7 Å². The predicted octanol–water partition coefficient (Wildman–Crippen LogP) is 2.97. The van der Waals surface area contributed by atoms with Crippen molar-refractivity contribution in [3.05, 3.63) is 48.4 Å². The van der Waals surface area contributed by atoms with E-state index in [-0.39, 0.29) is 5.91 Å². The van der Waals surface area contributed by atoms with E-state index in [1.807, 2.05) is 19.1 Å². The Morgan fingerprint density at radius 2 is 2.00 bits per heavy atom. The van der Waals surface area contributed by atoms with Crippen LogP contribution in [0.3, 0.4) is 0 Å². The lowest BCUT2D eigenvalue weighted by Gasteiger charge is -2.21. The molecule has 0 fully saturated rings. The SMILES string of the molecule is CCN(CCCF)C(=O)c1cccnc1-c1ccncc1. The highest BCUT2D eigenvalue weighted by molar-refractivity contribution is 5.99. The number of pyridine rings is 2. The molecule has 2 aromatic rings.